The van der Waals surface area contributed by atoms with Crippen LogP contribution in [0.1, 0.15) is 35.9 Å². The summed E-state index contributed by atoms with van der Waals surface area (Å²) in [5.74, 6) is 2.97. The highest BCUT2D eigenvalue weighted by Gasteiger charge is 2.31. The van der Waals surface area contributed by atoms with Gasteiger partial charge in [0.25, 0.3) is 0 Å². The number of benzene rings is 1. The van der Waals surface area contributed by atoms with E-state index in [0.29, 0.717) is 18.2 Å². The van der Waals surface area contributed by atoms with Crippen LogP contribution >= 0.6 is 11.8 Å². The van der Waals surface area contributed by atoms with Crippen LogP contribution in [0.3, 0.4) is 0 Å². The second-order valence-corrected chi connectivity index (χ2v) is 7.56. The van der Waals surface area contributed by atoms with Gasteiger partial charge in [-0.25, -0.2) is 0 Å². The first-order valence-corrected chi connectivity index (χ1v) is 9.83. The molecule has 1 fully saturated rings. The zero-order valence-electron chi connectivity index (χ0n) is 14.9. The molecule has 3 aromatic rings. The van der Waals surface area contributed by atoms with Crippen molar-refractivity contribution in [2.24, 2.45) is 0 Å². The van der Waals surface area contributed by atoms with Gasteiger partial charge in [-0.05, 0) is 42.7 Å². The van der Waals surface area contributed by atoms with Gasteiger partial charge in [-0.15, -0.1) is 10.2 Å². The molecule has 0 amide bonds. The summed E-state index contributed by atoms with van der Waals surface area (Å²) >= 11 is 1.49. The number of alkyl halides is 3. The Hall–Kier alpha value is -2.42. The third kappa shape index (κ3) is 4.89. The van der Waals surface area contributed by atoms with E-state index in [1.807, 2.05) is 18.2 Å². The van der Waals surface area contributed by atoms with Crippen LogP contribution in [0.25, 0.3) is 0 Å². The number of aromatic nitrogens is 3. The van der Waals surface area contributed by atoms with Crippen molar-refractivity contribution in [3.8, 4) is 5.75 Å². The van der Waals surface area contributed by atoms with Crippen LogP contribution < -0.4 is 4.74 Å². The van der Waals surface area contributed by atoms with Crippen molar-refractivity contribution >= 4 is 11.8 Å². The molecule has 0 spiro atoms. The minimum atomic E-state index is -4.35. The van der Waals surface area contributed by atoms with E-state index < -0.39 is 12.8 Å². The smallest absolute Gasteiger partial charge is 0.422 e. The van der Waals surface area contributed by atoms with Gasteiger partial charge < -0.3 is 9.15 Å². The summed E-state index contributed by atoms with van der Waals surface area (Å²) in [7, 11) is 0. The van der Waals surface area contributed by atoms with Gasteiger partial charge in [0.1, 0.15) is 17.3 Å². The maximum Gasteiger partial charge on any atom is 0.422 e. The molecule has 0 unspecified atom stereocenters. The molecule has 1 aliphatic carbocycles. The normalized spacial score (nSPS) is 14.4. The fourth-order valence-electron chi connectivity index (χ4n) is 2.80. The molecule has 0 aliphatic heterocycles. The topological polar surface area (TPSA) is 53.1 Å². The molecule has 0 N–H and O–H groups in total. The predicted molar refractivity (Wildman–Crippen MR) is 97.4 cm³/mol. The molecular weight excluding hydrogens is 391 g/mol. The number of ether oxygens (including phenoxy) is 1. The van der Waals surface area contributed by atoms with Crippen LogP contribution in [0.5, 0.6) is 5.75 Å². The lowest BCUT2D eigenvalue weighted by Gasteiger charge is -2.11. The maximum absolute atomic E-state index is 12.3. The molecule has 28 heavy (non-hydrogen) atoms. The van der Waals surface area contributed by atoms with Gasteiger partial charge in [-0.2, -0.15) is 13.2 Å². The second kappa shape index (κ2) is 7.90. The van der Waals surface area contributed by atoms with Crippen molar-refractivity contribution in [2.75, 3.05) is 6.61 Å². The number of nitrogens with zero attached hydrogens (tertiary/aromatic N) is 3. The highest BCUT2D eigenvalue weighted by molar-refractivity contribution is 7.98. The average Bonchev–Trinajstić information content (AvgIpc) is 3.22. The zero-order valence-corrected chi connectivity index (χ0v) is 15.7. The molecule has 1 aromatic carbocycles. The number of thioether (sulfide) groups is 1. The van der Waals surface area contributed by atoms with E-state index >= 15 is 0 Å². The van der Waals surface area contributed by atoms with E-state index in [0.717, 1.165) is 35.1 Å². The molecule has 0 atom stereocenters. The van der Waals surface area contributed by atoms with Crippen molar-refractivity contribution in [3.63, 3.8) is 0 Å². The SMILES string of the molecule is FC(F)(F)COc1cccc(CSc2nnc(C3CC3)n2Cc2ccco2)c1. The summed E-state index contributed by atoms with van der Waals surface area (Å²) in [5.41, 5.74) is 0.852. The van der Waals surface area contributed by atoms with E-state index in [9.17, 15) is 13.2 Å². The van der Waals surface area contributed by atoms with Gasteiger partial charge in [0, 0.05) is 11.7 Å². The van der Waals surface area contributed by atoms with Crippen molar-refractivity contribution in [1.82, 2.24) is 14.8 Å². The van der Waals surface area contributed by atoms with Crippen molar-refractivity contribution in [1.29, 1.82) is 0 Å². The molecule has 4 rings (SSSR count). The Morgan fingerprint density at radius 3 is 2.75 bits per heavy atom. The molecule has 0 radical (unpaired) electrons. The lowest BCUT2D eigenvalue weighted by Crippen LogP contribution is -2.19. The zero-order chi connectivity index (χ0) is 19.6. The highest BCUT2D eigenvalue weighted by atomic mass is 32.2. The Labute approximate surface area is 163 Å². The molecule has 2 heterocycles. The summed E-state index contributed by atoms with van der Waals surface area (Å²) in [6.07, 6.45) is -0.499. The van der Waals surface area contributed by atoms with Gasteiger partial charge >= 0.3 is 6.18 Å². The quantitative estimate of drug-likeness (QED) is 0.489. The van der Waals surface area contributed by atoms with Crippen LogP contribution in [0.4, 0.5) is 13.2 Å². The number of hydrogen-bond donors (Lipinski definition) is 0. The number of hydrogen-bond acceptors (Lipinski definition) is 5. The van der Waals surface area contributed by atoms with Gasteiger partial charge in [-0.1, -0.05) is 23.9 Å². The van der Waals surface area contributed by atoms with Crippen LogP contribution in [0.2, 0.25) is 0 Å². The summed E-state index contributed by atoms with van der Waals surface area (Å²) in [4.78, 5) is 0. The van der Waals surface area contributed by atoms with Gasteiger partial charge in [-0.3, -0.25) is 4.57 Å². The van der Waals surface area contributed by atoms with E-state index in [2.05, 4.69) is 14.8 Å². The molecule has 2 aromatic heterocycles. The maximum atomic E-state index is 12.3. The Kier molecular flexibility index (Phi) is 5.34. The number of furan rings is 1. The van der Waals surface area contributed by atoms with Crippen LogP contribution in [0, 0.1) is 0 Å². The van der Waals surface area contributed by atoms with Gasteiger partial charge in [0.15, 0.2) is 11.8 Å². The standard InChI is InChI=1S/C19H18F3N3O2S/c20-19(21,22)12-27-15-4-1-3-13(9-15)11-28-18-24-23-17(14-6-7-14)25(18)10-16-5-2-8-26-16/h1-5,8-9,14H,6-7,10-12H2. The molecular formula is C19H18F3N3O2S. The van der Waals surface area contributed by atoms with E-state index in [4.69, 9.17) is 9.15 Å². The minimum Gasteiger partial charge on any atom is -0.484 e. The van der Waals surface area contributed by atoms with Crippen molar-refractivity contribution in [2.45, 2.75) is 42.4 Å². The van der Waals surface area contributed by atoms with Crippen LogP contribution in [-0.4, -0.2) is 27.5 Å². The fourth-order valence-corrected chi connectivity index (χ4v) is 3.68. The lowest BCUT2D eigenvalue weighted by molar-refractivity contribution is -0.153. The molecule has 0 bridgehead atoms. The Bertz CT molecular complexity index is 921. The summed E-state index contributed by atoms with van der Waals surface area (Å²) < 4.78 is 49.3. The van der Waals surface area contributed by atoms with Crippen LogP contribution in [0.15, 0.2) is 52.2 Å². The third-order valence-corrected chi connectivity index (χ3v) is 5.29. The van der Waals surface area contributed by atoms with Gasteiger partial charge in [0.2, 0.25) is 0 Å². The van der Waals surface area contributed by atoms with Crippen LogP contribution in [-0.2, 0) is 12.3 Å². The van der Waals surface area contributed by atoms with Crippen molar-refractivity contribution < 1.29 is 22.3 Å². The fraction of sp³-hybridized carbons (Fsp3) is 0.368. The monoisotopic (exact) mass is 409 g/mol. The summed E-state index contributed by atoms with van der Waals surface area (Å²) in [5, 5.41) is 9.43. The molecule has 1 saturated carbocycles. The predicted octanol–water partition coefficient (Wildman–Crippen LogP) is 5.03. The highest BCUT2D eigenvalue weighted by Crippen LogP contribution is 2.40. The Balaban J connectivity index is 1.45. The van der Waals surface area contributed by atoms with E-state index in [-0.39, 0.29) is 5.75 Å². The molecule has 5 nitrogen and oxygen atoms in total. The van der Waals surface area contributed by atoms with E-state index in [1.165, 1.54) is 17.8 Å². The largest absolute Gasteiger partial charge is 0.484 e. The molecule has 0 saturated heterocycles. The second-order valence-electron chi connectivity index (χ2n) is 6.62. The lowest BCUT2D eigenvalue weighted by atomic mass is 10.2. The third-order valence-electron chi connectivity index (χ3n) is 4.25. The number of halogens is 3. The molecule has 148 valence electrons. The Morgan fingerprint density at radius 1 is 1.18 bits per heavy atom. The Morgan fingerprint density at radius 2 is 2.04 bits per heavy atom. The first kappa shape index (κ1) is 18.9. The molecule has 1 aliphatic rings. The first-order chi connectivity index (χ1) is 13.5. The number of rotatable bonds is 8. The van der Waals surface area contributed by atoms with Gasteiger partial charge in [0.05, 0.1) is 12.8 Å². The van der Waals surface area contributed by atoms with Crippen molar-refractivity contribution in [3.05, 3.63) is 59.8 Å². The minimum absolute atomic E-state index is 0.200. The van der Waals surface area contributed by atoms with E-state index in [1.54, 1.807) is 18.4 Å². The summed E-state index contributed by atoms with van der Waals surface area (Å²) in [6, 6.07) is 10.4. The first-order valence-electron chi connectivity index (χ1n) is 8.85. The average molecular weight is 409 g/mol. The summed E-state index contributed by atoms with van der Waals surface area (Å²) in [6.45, 7) is -0.741. The molecule has 9 heteroatoms.